The van der Waals surface area contributed by atoms with Gasteiger partial charge in [-0.15, -0.1) is 0 Å². The fourth-order valence-electron chi connectivity index (χ4n) is 1.34. The summed E-state index contributed by atoms with van der Waals surface area (Å²) >= 11 is 0. The smallest absolute Gasteiger partial charge is 0.330 e. The number of hydrogen-bond acceptors (Lipinski definition) is 4. The van der Waals surface area contributed by atoms with Crippen LogP contribution in [0, 0.1) is 5.92 Å². The first-order valence-electron chi connectivity index (χ1n) is 5.31. The van der Waals surface area contributed by atoms with Gasteiger partial charge >= 0.3 is 6.03 Å². The second-order valence-electron chi connectivity index (χ2n) is 4.02. The van der Waals surface area contributed by atoms with Crippen LogP contribution in [-0.2, 0) is 14.3 Å². The Labute approximate surface area is 99.6 Å². The van der Waals surface area contributed by atoms with Gasteiger partial charge in [0.1, 0.15) is 5.92 Å². The molecule has 1 N–H and O–H groups in total. The Kier molecular flexibility index (Phi) is 4.39. The molecule has 1 fully saturated rings. The molecule has 1 aliphatic rings. The summed E-state index contributed by atoms with van der Waals surface area (Å²) in [5.41, 5.74) is 0.864. The number of carbonyl (C=O) groups excluding carboxylic acids is 3. The SMILES string of the molecule is C=C(C)COCCN1C(=O)NC(=O)C(C)C1=O. The maximum Gasteiger partial charge on any atom is 0.330 e. The van der Waals surface area contributed by atoms with Crippen molar-refractivity contribution in [3.05, 3.63) is 12.2 Å². The molecular weight excluding hydrogens is 224 g/mol. The Morgan fingerprint density at radius 1 is 1.47 bits per heavy atom. The molecule has 0 aliphatic carbocycles. The highest BCUT2D eigenvalue weighted by Crippen LogP contribution is 2.09. The van der Waals surface area contributed by atoms with Gasteiger partial charge in [0.25, 0.3) is 0 Å². The van der Waals surface area contributed by atoms with Crippen molar-refractivity contribution in [3.8, 4) is 0 Å². The standard InChI is InChI=1S/C11H16N2O4/c1-7(2)6-17-5-4-13-10(15)8(3)9(14)12-11(13)16/h8H,1,4-6H2,2-3H3,(H,12,14,16). The number of hydrogen-bond donors (Lipinski definition) is 1. The van der Waals surface area contributed by atoms with Gasteiger partial charge in [0, 0.05) is 0 Å². The molecule has 0 saturated carbocycles. The zero-order chi connectivity index (χ0) is 13.0. The summed E-state index contributed by atoms with van der Waals surface area (Å²) in [5, 5.41) is 2.11. The molecule has 1 heterocycles. The average Bonchev–Trinajstić information content (AvgIpc) is 2.24. The summed E-state index contributed by atoms with van der Waals surface area (Å²) < 4.78 is 5.20. The third-order valence-electron chi connectivity index (χ3n) is 2.31. The summed E-state index contributed by atoms with van der Waals surface area (Å²) in [6.07, 6.45) is 0. The van der Waals surface area contributed by atoms with Crippen molar-refractivity contribution < 1.29 is 19.1 Å². The minimum atomic E-state index is -0.825. The highest BCUT2D eigenvalue weighted by atomic mass is 16.5. The Balaban J connectivity index is 2.46. The van der Waals surface area contributed by atoms with Gasteiger partial charge in [-0.3, -0.25) is 19.8 Å². The van der Waals surface area contributed by atoms with Crippen LogP contribution in [0.1, 0.15) is 13.8 Å². The number of imide groups is 2. The van der Waals surface area contributed by atoms with E-state index >= 15 is 0 Å². The molecule has 1 saturated heterocycles. The van der Waals surface area contributed by atoms with E-state index in [9.17, 15) is 14.4 Å². The molecule has 6 nitrogen and oxygen atoms in total. The summed E-state index contributed by atoms with van der Waals surface area (Å²) in [6.45, 7) is 7.70. The van der Waals surface area contributed by atoms with Crippen LogP contribution < -0.4 is 5.32 Å². The van der Waals surface area contributed by atoms with Crippen molar-refractivity contribution in [1.29, 1.82) is 0 Å². The van der Waals surface area contributed by atoms with Gasteiger partial charge in [-0.05, 0) is 13.8 Å². The van der Waals surface area contributed by atoms with E-state index in [1.54, 1.807) is 0 Å². The highest BCUT2D eigenvalue weighted by molar-refractivity contribution is 6.15. The second kappa shape index (κ2) is 5.58. The number of nitrogens with one attached hydrogen (secondary N) is 1. The quantitative estimate of drug-likeness (QED) is 0.426. The fourth-order valence-corrected chi connectivity index (χ4v) is 1.34. The molecule has 1 unspecified atom stereocenters. The molecule has 0 aromatic heterocycles. The molecule has 4 amide bonds. The van der Waals surface area contributed by atoms with Gasteiger partial charge in [0.05, 0.1) is 19.8 Å². The maximum atomic E-state index is 11.6. The van der Waals surface area contributed by atoms with Crippen LogP contribution in [0.3, 0.4) is 0 Å². The Morgan fingerprint density at radius 2 is 2.12 bits per heavy atom. The largest absolute Gasteiger partial charge is 0.375 e. The van der Waals surface area contributed by atoms with E-state index in [1.807, 2.05) is 6.92 Å². The van der Waals surface area contributed by atoms with E-state index in [0.717, 1.165) is 10.5 Å². The van der Waals surface area contributed by atoms with E-state index in [0.29, 0.717) is 6.61 Å². The summed E-state index contributed by atoms with van der Waals surface area (Å²) in [5.74, 6) is -1.87. The molecular formula is C11H16N2O4. The summed E-state index contributed by atoms with van der Waals surface area (Å²) in [6, 6.07) is -0.683. The van der Waals surface area contributed by atoms with E-state index in [-0.39, 0.29) is 13.2 Å². The molecule has 1 rings (SSSR count). The number of barbiturate groups is 1. The van der Waals surface area contributed by atoms with Crippen LogP contribution in [0.25, 0.3) is 0 Å². The lowest BCUT2D eigenvalue weighted by molar-refractivity contribution is -0.142. The molecule has 0 spiro atoms. The molecule has 1 atom stereocenters. The van der Waals surface area contributed by atoms with Crippen LogP contribution >= 0.6 is 0 Å². The summed E-state index contributed by atoms with van der Waals surface area (Å²) in [4.78, 5) is 35.2. The van der Waals surface area contributed by atoms with Gasteiger partial charge in [-0.2, -0.15) is 0 Å². The van der Waals surface area contributed by atoms with Gasteiger partial charge in [-0.1, -0.05) is 12.2 Å². The zero-order valence-electron chi connectivity index (χ0n) is 9.99. The van der Waals surface area contributed by atoms with Crippen molar-refractivity contribution >= 4 is 17.8 Å². The molecule has 0 bridgehead atoms. The van der Waals surface area contributed by atoms with E-state index < -0.39 is 23.8 Å². The molecule has 0 aromatic carbocycles. The normalized spacial score (nSPS) is 20.5. The predicted octanol–water partition coefficient (Wildman–Crippen LogP) is 0.294. The topological polar surface area (TPSA) is 75.7 Å². The molecule has 6 heteroatoms. The van der Waals surface area contributed by atoms with Crippen LogP contribution in [-0.4, -0.2) is 42.5 Å². The number of urea groups is 1. The lowest BCUT2D eigenvalue weighted by Gasteiger charge is -2.28. The third kappa shape index (κ3) is 3.39. The number of ether oxygens (including phenoxy) is 1. The van der Waals surface area contributed by atoms with Crippen molar-refractivity contribution in [2.24, 2.45) is 5.92 Å². The Hall–Kier alpha value is -1.69. The monoisotopic (exact) mass is 240 g/mol. The number of nitrogens with zero attached hydrogens (tertiary/aromatic N) is 1. The molecule has 0 aromatic rings. The van der Waals surface area contributed by atoms with Crippen molar-refractivity contribution in [1.82, 2.24) is 10.2 Å². The Morgan fingerprint density at radius 3 is 2.71 bits per heavy atom. The molecule has 0 radical (unpaired) electrons. The predicted molar refractivity (Wildman–Crippen MR) is 60.0 cm³/mol. The van der Waals surface area contributed by atoms with Crippen LogP contribution in [0.4, 0.5) is 4.79 Å². The molecule has 1 aliphatic heterocycles. The lowest BCUT2D eigenvalue weighted by atomic mass is 10.1. The first-order valence-corrected chi connectivity index (χ1v) is 5.31. The van der Waals surface area contributed by atoms with E-state index in [4.69, 9.17) is 4.74 Å². The number of carbonyl (C=O) groups is 3. The van der Waals surface area contributed by atoms with Gasteiger partial charge in [0.2, 0.25) is 11.8 Å². The van der Waals surface area contributed by atoms with Gasteiger partial charge in [0.15, 0.2) is 0 Å². The number of rotatable bonds is 5. The minimum absolute atomic E-state index is 0.134. The van der Waals surface area contributed by atoms with Crippen LogP contribution in [0.2, 0.25) is 0 Å². The van der Waals surface area contributed by atoms with Crippen molar-refractivity contribution in [3.63, 3.8) is 0 Å². The maximum absolute atomic E-state index is 11.6. The summed E-state index contributed by atoms with van der Waals surface area (Å²) in [7, 11) is 0. The zero-order valence-corrected chi connectivity index (χ0v) is 9.99. The second-order valence-corrected chi connectivity index (χ2v) is 4.02. The number of amides is 4. The molecule has 17 heavy (non-hydrogen) atoms. The fraction of sp³-hybridized carbons (Fsp3) is 0.545. The first-order chi connectivity index (χ1) is 7.93. The third-order valence-corrected chi connectivity index (χ3v) is 2.31. The average molecular weight is 240 g/mol. The van der Waals surface area contributed by atoms with E-state index in [2.05, 4.69) is 11.9 Å². The Bertz CT molecular complexity index is 364. The minimum Gasteiger partial charge on any atom is -0.375 e. The first kappa shape index (κ1) is 13.4. The van der Waals surface area contributed by atoms with E-state index in [1.165, 1.54) is 6.92 Å². The highest BCUT2D eigenvalue weighted by Gasteiger charge is 2.36. The van der Waals surface area contributed by atoms with Crippen molar-refractivity contribution in [2.45, 2.75) is 13.8 Å². The van der Waals surface area contributed by atoms with Crippen LogP contribution in [0.5, 0.6) is 0 Å². The molecule has 94 valence electrons. The van der Waals surface area contributed by atoms with Crippen molar-refractivity contribution in [2.75, 3.05) is 19.8 Å². The van der Waals surface area contributed by atoms with Gasteiger partial charge < -0.3 is 4.74 Å². The van der Waals surface area contributed by atoms with Gasteiger partial charge in [-0.25, -0.2) is 4.79 Å². The van der Waals surface area contributed by atoms with Crippen LogP contribution in [0.15, 0.2) is 12.2 Å². The lowest BCUT2D eigenvalue weighted by Crippen LogP contribution is -2.57.